The molecule has 0 rings (SSSR count). The molecule has 0 aliphatic rings. The van der Waals surface area contributed by atoms with Gasteiger partial charge in [0.1, 0.15) is 13.2 Å². The van der Waals surface area contributed by atoms with Gasteiger partial charge in [-0.25, -0.2) is 4.79 Å². The second-order valence-electron chi connectivity index (χ2n) is 13.3. The summed E-state index contributed by atoms with van der Waals surface area (Å²) >= 11 is 0. The third-order valence-electron chi connectivity index (χ3n) is 7.57. The average Bonchev–Trinajstić information content (AvgIpc) is 2.95. The number of hydrogen-bond acceptors (Lipinski definition) is 6. The molecule has 0 aliphatic heterocycles. The molecule has 0 saturated heterocycles. The zero-order valence-electron chi connectivity index (χ0n) is 28.9. The van der Waals surface area contributed by atoms with Gasteiger partial charge in [0.05, 0.1) is 0 Å². The molecule has 0 radical (unpaired) electrons. The SMILES string of the molecule is CCCCCCCCCCCCCC(=O)OCC(COC(=O)NC(C)(C)C)OC(=O)CCCCCCCCCCCCC. The van der Waals surface area contributed by atoms with Gasteiger partial charge in [-0.2, -0.15) is 0 Å². The largest absolute Gasteiger partial charge is 0.462 e. The number of unbranched alkanes of at least 4 members (excludes halogenated alkanes) is 20. The topological polar surface area (TPSA) is 90.9 Å². The summed E-state index contributed by atoms with van der Waals surface area (Å²) in [5.74, 6) is -0.649. The molecule has 1 amide bonds. The van der Waals surface area contributed by atoms with E-state index in [-0.39, 0.29) is 25.2 Å². The van der Waals surface area contributed by atoms with E-state index in [1.807, 2.05) is 20.8 Å². The third kappa shape index (κ3) is 31.4. The van der Waals surface area contributed by atoms with Crippen molar-refractivity contribution in [1.29, 1.82) is 0 Å². The molecule has 7 nitrogen and oxygen atoms in total. The first-order valence-corrected chi connectivity index (χ1v) is 18.0. The van der Waals surface area contributed by atoms with Crippen LogP contribution in [0.4, 0.5) is 4.79 Å². The van der Waals surface area contributed by atoms with Crippen molar-refractivity contribution in [3.05, 3.63) is 0 Å². The lowest BCUT2D eigenvalue weighted by atomic mass is 10.1. The average molecular weight is 612 g/mol. The van der Waals surface area contributed by atoms with E-state index in [0.29, 0.717) is 12.8 Å². The van der Waals surface area contributed by atoms with Crippen LogP contribution in [0.5, 0.6) is 0 Å². The van der Waals surface area contributed by atoms with E-state index < -0.39 is 17.7 Å². The fourth-order valence-electron chi connectivity index (χ4n) is 5.00. The highest BCUT2D eigenvalue weighted by Crippen LogP contribution is 2.14. The predicted octanol–water partition coefficient (Wildman–Crippen LogP) is 10.4. The van der Waals surface area contributed by atoms with Crippen LogP contribution in [0.25, 0.3) is 0 Å². The van der Waals surface area contributed by atoms with Crippen LogP contribution in [0.2, 0.25) is 0 Å². The Kier molecular flexibility index (Phi) is 27.7. The number of rotatable bonds is 29. The molecule has 254 valence electrons. The highest BCUT2D eigenvalue weighted by molar-refractivity contribution is 5.70. The molecular weight excluding hydrogens is 542 g/mol. The summed E-state index contributed by atoms with van der Waals surface area (Å²) in [6.07, 6.45) is 26.0. The molecule has 43 heavy (non-hydrogen) atoms. The van der Waals surface area contributed by atoms with E-state index in [1.54, 1.807) is 0 Å². The first-order chi connectivity index (χ1) is 20.7. The minimum Gasteiger partial charge on any atom is -0.462 e. The minimum atomic E-state index is -0.813. The summed E-state index contributed by atoms with van der Waals surface area (Å²) in [6.45, 7) is 9.79. The monoisotopic (exact) mass is 612 g/mol. The Bertz CT molecular complexity index is 675. The number of alkyl carbamates (subject to hydrolysis) is 1. The highest BCUT2D eigenvalue weighted by atomic mass is 16.6. The zero-order chi connectivity index (χ0) is 32.0. The first-order valence-electron chi connectivity index (χ1n) is 18.0. The van der Waals surface area contributed by atoms with Crippen molar-refractivity contribution < 1.29 is 28.6 Å². The molecule has 7 heteroatoms. The number of carbonyl (C=O) groups is 3. The molecule has 0 saturated carbocycles. The second-order valence-corrected chi connectivity index (χ2v) is 13.3. The van der Waals surface area contributed by atoms with Crippen LogP contribution in [0.3, 0.4) is 0 Å². The second kappa shape index (κ2) is 29.0. The molecule has 0 aromatic rings. The summed E-state index contributed by atoms with van der Waals surface area (Å²) in [5, 5.41) is 2.72. The Morgan fingerprint density at radius 2 is 0.860 bits per heavy atom. The summed E-state index contributed by atoms with van der Waals surface area (Å²) in [5.41, 5.74) is -0.445. The molecule has 0 aliphatic carbocycles. The van der Waals surface area contributed by atoms with Crippen molar-refractivity contribution in [3.8, 4) is 0 Å². The van der Waals surface area contributed by atoms with Gasteiger partial charge in [0.25, 0.3) is 0 Å². The van der Waals surface area contributed by atoms with E-state index >= 15 is 0 Å². The molecule has 0 spiro atoms. The van der Waals surface area contributed by atoms with E-state index in [9.17, 15) is 14.4 Å². The third-order valence-corrected chi connectivity index (χ3v) is 7.57. The van der Waals surface area contributed by atoms with Crippen LogP contribution in [0, 0.1) is 0 Å². The first kappa shape index (κ1) is 41.2. The summed E-state index contributed by atoms with van der Waals surface area (Å²) in [4.78, 5) is 36.9. The Balaban J connectivity index is 4.23. The molecule has 1 N–H and O–H groups in total. The lowest BCUT2D eigenvalue weighted by Gasteiger charge is -2.22. The van der Waals surface area contributed by atoms with Gasteiger partial charge in [0.2, 0.25) is 0 Å². The number of carbonyl (C=O) groups excluding carboxylic acids is 3. The van der Waals surface area contributed by atoms with Crippen molar-refractivity contribution in [2.24, 2.45) is 0 Å². The van der Waals surface area contributed by atoms with Crippen LogP contribution in [-0.2, 0) is 23.8 Å². The van der Waals surface area contributed by atoms with Crippen LogP contribution >= 0.6 is 0 Å². The van der Waals surface area contributed by atoms with Gasteiger partial charge in [0, 0.05) is 18.4 Å². The van der Waals surface area contributed by atoms with Gasteiger partial charge in [-0.15, -0.1) is 0 Å². The molecule has 0 aromatic carbocycles. The van der Waals surface area contributed by atoms with E-state index in [0.717, 1.165) is 38.5 Å². The summed E-state index contributed by atoms with van der Waals surface area (Å²) in [7, 11) is 0. The lowest BCUT2D eigenvalue weighted by Crippen LogP contribution is -2.42. The number of ether oxygens (including phenoxy) is 3. The van der Waals surface area contributed by atoms with Crippen molar-refractivity contribution in [2.75, 3.05) is 13.2 Å². The van der Waals surface area contributed by atoms with Gasteiger partial charge in [-0.05, 0) is 33.6 Å². The standard InChI is InChI=1S/C36H69NO6/c1-6-8-10-12-14-16-18-20-22-24-26-28-33(38)41-30-32(31-42-35(40)37-36(3,4)5)43-34(39)29-27-25-23-21-19-17-15-13-11-9-7-2/h32H,6-31H2,1-5H3,(H,37,40). The van der Waals surface area contributed by atoms with E-state index in [2.05, 4.69) is 19.2 Å². The molecule has 0 bridgehead atoms. The van der Waals surface area contributed by atoms with Crippen molar-refractivity contribution in [3.63, 3.8) is 0 Å². The van der Waals surface area contributed by atoms with Crippen LogP contribution in [-0.4, -0.2) is 42.9 Å². The van der Waals surface area contributed by atoms with Crippen LogP contribution in [0.1, 0.15) is 189 Å². The predicted molar refractivity (Wildman–Crippen MR) is 177 cm³/mol. The van der Waals surface area contributed by atoms with Crippen LogP contribution < -0.4 is 5.32 Å². The molecule has 1 unspecified atom stereocenters. The van der Waals surface area contributed by atoms with E-state index in [4.69, 9.17) is 14.2 Å². The van der Waals surface area contributed by atoms with Crippen molar-refractivity contribution in [2.45, 2.75) is 200 Å². The van der Waals surface area contributed by atoms with E-state index in [1.165, 1.54) is 103 Å². The molecule has 1 atom stereocenters. The maximum Gasteiger partial charge on any atom is 0.407 e. The fourth-order valence-corrected chi connectivity index (χ4v) is 5.00. The molecule has 0 heterocycles. The molecule has 0 fully saturated rings. The molecular formula is C36H69NO6. The van der Waals surface area contributed by atoms with Crippen molar-refractivity contribution >= 4 is 18.0 Å². The Labute approximate surface area is 265 Å². The molecule has 0 aromatic heterocycles. The Hall–Kier alpha value is -1.79. The van der Waals surface area contributed by atoms with Crippen LogP contribution in [0.15, 0.2) is 0 Å². The van der Waals surface area contributed by atoms with Gasteiger partial charge < -0.3 is 19.5 Å². The van der Waals surface area contributed by atoms with Gasteiger partial charge in [-0.3, -0.25) is 9.59 Å². The number of nitrogens with one attached hydrogen (secondary N) is 1. The Morgan fingerprint density at radius 3 is 1.26 bits per heavy atom. The Morgan fingerprint density at radius 1 is 0.512 bits per heavy atom. The summed E-state index contributed by atoms with van der Waals surface area (Å²) < 4.78 is 16.3. The van der Waals surface area contributed by atoms with Gasteiger partial charge in [0.15, 0.2) is 6.10 Å². The number of amides is 1. The van der Waals surface area contributed by atoms with Crippen molar-refractivity contribution in [1.82, 2.24) is 5.32 Å². The quantitative estimate of drug-likeness (QED) is 0.0514. The minimum absolute atomic E-state index is 0.107. The normalized spacial score (nSPS) is 12.1. The highest BCUT2D eigenvalue weighted by Gasteiger charge is 2.21. The smallest absolute Gasteiger partial charge is 0.407 e. The fraction of sp³-hybridized carbons (Fsp3) is 0.917. The number of hydrogen-bond donors (Lipinski definition) is 1. The van der Waals surface area contributed by atoms with Gasteiger partial charge in [-0.1, -0.05) is 142 Å². The summed E-state index contributed by atoms with van der Waals surface area (Å²) in [6, 6.07) is 0. The maximum absolute atomic E-state index is 12.5. The van der Waals surface area contributed by atoms with Gasteiger partial charge >= 0.3 is 18.0 Å². The number of esters is 2. The maximum atomic E-state index is 12.5. The zero-order valence-corrected chi connectivity index (χ0v) is 28.9. The lowest BCUT2D eigenvalue weighted by molar-refractivity contribution is -0.161.